The van der Waals surface area contributed by atoms with Gasteiger partial charge in [0, 0.05) is 12.1 Å². The Balaban J connectivity index is 2.33. The molecule has 2 rings (SSSR count). The van der Waals surface area contributed by atoms with Crippen LogP contribution in [-0.2, 0) is 10.0 Å². The molecule has 0 aliphatic carbocycles. The van der Waals surface area contributed by atoms with Crippen LogP contribution in [0.5, 0.6) is 5.75 Å². The zero-order valence-corrected chi connectivity index (χ0v) is 14.1. The van der Waals surface area contributed by atoms with E-state index in [1.165, 1.54) is 18.3 Å². The third kappa shape index (κ3) is 3.20. The van der Waals surface area contributed by atoms with Crippen molar-refractivity contribution in [2.24, 2.45) is 0 Å². The van der Waals surface area contributed by atoms with Gasteiger partial charge in [0.2, 0.25) is 0 Å². The second kappa shape index (κ2) is 6.18. The Morgan fingerprint density at radius 1 is 1.45 bits per heavy atom. The fourth-order valence-corrected chi connectivity index (χ4v) is 3.24. The quantitative estimate of drug-likeness (QED) is 0.872. The highest BCUT2D eigenvalue weighted by Crippen LogP contribution is 2.28. The number of benzene rings is 1. The molecular weight excluding hydrogens is 326 g/mol. The fraction of sp³-hybridized carbons (Fsp3) is 0.357. The summed E-state index contributed by atoms with van der Waals surface area (Å²) < 4.78 is 29.0. The third-order valence-corrected chi connectivity index (χ3v) is 5.21. The van der Waals surface area contributed by atoms with Crippen LogP contribution in [0.2, 0.25) is 5.02 Å². The minimum absolute atomic E-state index is 0.0647. The zero-order valence-electron chi connectivity index (χ0n) is 12.5. The monoisotopic (exact) mass is 343 g/mol. The van der Waals surface area contributed by atoms with Gasteiger partial charge in [0.15, 0.2) is 0 Å². The molecule has 2 aromatic rings. The molecule has 8 heteroatoms. The van der Waals surface area contributed by atoms with Crippen LogP contribution in [0.15, 0.2) is 29.3 Å². The second-order valence-corrected chi connectivity index (χ2v) is 7.15. The molecule has 1 heterocycles. The molecule has 1 aromatic heterocycles. The highest BCUT2D eigenvalue weighted by Gasteiger charge is 2.19. The van der Waals surface area contributed by atoms with Crippen molar-refractivity contribution < 1.29 is 13.5 Å². The number of nitrogens with one attached hydrogen (secondary N) is 1. The van der Waals surface area contributed by atoms with E-state index in [4.69, 9.17) is 11.6 Å². The van der Waals surface area contributed by atoms with Crippen LogP contribution in [0.1, 0.15) is 32.0 Å². The molecule has 0 spiro atoms. The van der Waals surface area contributed by atoms with E-state index in [0.29, 0.717) is 5.69 Å². The van der Waals surface area contributed by atoms with E-state index in [2.05, 4.69) is 9.82 Å². The molecular formula is C14H18ClN3O3S. The minimum atomic E-state index is -3.82. The lowest BCUT2D eigenvalue weighted by molar-refractivity contribution is 0.468. The maximum absolute atomic E-state index is 12.4. The number of phenolic OH excluding ortho intramolecular Hbond substituents is 1. The molecule has 22 heavy (non-hydrogen) atoms. The predicted molar refractivity (Wildman–Crippen MR) is 85.9 cm³/mol. The summed E-state index contributed by atoms with van der Waals surface area (Å²) >= 11 is 5.69. The Morgan fingerprint density at radius 2 is 2.14 bits per heavy atom. The van der Waals surface area contributed by atoms with E-state index in [1.807, 2.05) is 13.8 Å². The molecule has 1 aromatic carbocycles. The van der Waals surface area contributed by atoms with Crippen LogP contribution in [0.4, 0.5) is 5.69 Å². The fourth-order valence-electron chi connectivity index (χ4n) is 2.00. The lowest BCUT2D eigenvalue weighted by Crippen LogP contribution is -2.14. The number of hydrogen-bond donors (Lipinski definition) is 2. The topological polar surface area (TPSA) is 84.2 Å². The zero-order chi connectivity index (χ0) is 16.5. The van der Waals surface area contributed by atoms with Crippen LogP contribution in [0.25, 0.3) is 0 Å². The van der Waals surface area contributed by atoms with Gasteiger partial charge in [-0.3, -0.25) is 9.40 Å². The molecule has 0 saturated heterocycles. The van der Waals surface area contributed by atoms with Gasteiger partial charge in [-0.25, -0.2) is 8.42 Å². The first-order chi connectivity index (χ1) is 10.3. The van der Waals surface area contributed by atoms with Crippen molar-refractivity contribution >= 4 is 27.3 Å². The van der Waals surface area contributed by atoms with E-state index in [9.17, 15) is 13.5 Å². The molecule has 0 radical (unpaired) electrons. The summed E-state index contributed by atoms with van der Waals surface area (Å²) in [6, 6.07) is 3.96. The van der Waals surface area contributed by atoms with Crippen molar-refractivity contribution in [3.05, 3.63) is 35.1 Å². The Labute approximate surface area is 134 Å². The van der Waals surface area contributed by atoms with Gasteiger partial charge in [-0.05, 0) is 32.4 Å². The van der Waals surface area contributed by atoms with Crippen LogP contribution >= 0.6 is 11.6 Å². The summed E-state index contributed by atoms with van der Waals surface area (Å²) in [4.78, 5) is -0.0647. The van der Waals surface area contributed by atoms with Crippen molar-refractivity contribution in [1.82, 2.24) is 9.78 Å². The Morgan fingerprint density at radius 3 is 2.73 bits per heavy atom. The van der Waals surface area contributed by atoms with E-state index in [0.717, 1.165) is 18.2 Å². The highest BCUT2D eigenvalue weighted by atomic mass is 35.5. The standard InChI is InChI=1S/C14H18ClN3O3S/c1-4-9(2)18-10(3)13(8-16-18)17-22(20,21)11-5-6-12(15)14(19)7-11/h5-9,17,19H,4H2,1-3H3. The van der Waals surface area contributed by atoms with Crippen LogP contribution in [0.3, 0.4) is 0 Å². The van der Waals surface area contributed by atoms with E-state index in [-0.39, 0.29) is 21.7 Å². The summed E-state index contributed by atoms with van der Waals surface area (Å²) in [5.74, 6) is -0.281. The molecule has 0 fully saturated rings. The smallest absolute Gasteiger partial charge is 0.262 e. The number of phenols is 1. The number of hydrogen-bond acceptors (Lipinski definition) is 4. The number of nitrogens with zero attached hydrogens (tertiary/aromatic N) is 2. The Bertz CT molecular complexity index is 787. The summed E-state index contributed by atoms with van der Waals surface area (Å²) in [6.45, 7) is 5.85. The van der Waals surface area contributed by atoms with Gasteiger partial charge >= 0.3 is 0 Å². The van der Waals surface area contributed by atoms with Gasteiger partial charge in [0.25, 0.3) is 10.0 Å². The molecule has 1 unspecified atom stereocenters. The van der Waals surface area contributed by atoms with Crippen LogP contribution < -0.4 is 4.72 Å². The largest absolute Gasteiger partial charge is 0.506 e. The molecule has 0 aliphatic rings. The second-order valence-electron chi connectivity index (χ2n) is 5.06. The number of aromatic hydroxyl groups is 1. The SMILES string of the molecule is CCC(C)n1ncc(NS(=O)(=O)c2ccc(Cl)c(O)c2)c1C. The molecule has 0 bridgehead atoms. The Kier molecular flexibility index (Phi) is 4.67. The van der Waals surface area contributed by atoms with Crippen molar-refractivity contribution in [3.8, 4) is 5.75 Å². The maximum atomic E-state index is 12.4. The lowest BCUT2D eigenvalue weighted by Gasteiger charge is -2.13. The lowest BCUT2D eigenvalue weighted by atomic mass is 10.2. The maximum Gasteiger partial charge on any atom is 0.262 e. The van der Waals surface area contributed by atoms with E-state index < -0.39 is 10.0 Å². The van der Waals surface area contributed by atoms with Crippen LogP contribution in [0, 0.1) is 6.92 Å². The molecule has 0 amide bonds. The van der Waals surface area contributed by atoms with Crippen molar-refractivity contribution in [2.75, 3.05) is 4.72 Å². The van der Waals surface area contributed by atoms with Crippen molar-refractivity contribution in [3.63, 3.8) is 0 Å². The van der Waals surface area contributed by atoms with Crippen molar-refractivity contribution in [2.45, 2.75) is 38.1 Å². The first-order valence-corrected chi connectivity index (χ1v) is 8.67. The molecule has 6 nitrogen and oxygen atoms in total. The summed E-state index contributed by atoms with van der Waals surface area (Å²) in [5, 5.41) is 13.9. The molecule has 2 N–H and O–H groups in total. The number of sulfonamides is 1. The van der Waals surface area contributed by atoms with Gasteiger partial charge in [0.1, 0.15) is 5.75 Å². The normalized spacial score (nSPS) is 13.1. The average Bonchev–Trinajstić information content (AvgIpc) is 2.81. The first kappa shape index (κ1) is 16.6. The summed E-state index contributed by atoms with van der Waals surface area (Å²) in [7, 11) is -3.82. The molecule has 1 atom stereocenters. The van der Waals surface area contributed by atoms with Crippen molar-refractivity contribution in [1.29, 1.82) is 0 Å². The van der Waals surface area contributed by atoms with Gasteiger partial charge in [-0.1, -0.05) is 18.5 Å². The Hall–Kier alpha value is -1.73. The summed E-state index contributed by atoms with van der Waals surface area (Å²) in [5.41, 5.74) is 1.14. The van der Waals surface area contributed by atoms with Gasteiger partial charge in [-0.15, -0.1) is 0 Å². The van der Waals surface area contributed by atoms with E-state index >= 15 is 0 Å². The average molecular weight is 344 g/mol. The molecule has 120 valence electrons. The van der Waals surface area contributed by atoms with Crippen LogP contribution in [-0.4, -0.2) is 23.3 Å². The highest BCUT2D eigenvalue weighted by molar-refractivity contribution is 7.92. The predicted octanol–water partition coefficient (Wildman–Crippen LogP) is 3.32. The molecule has 0 aliphatic heterocycles. The molecule has 0 saturated carbocycles. The number of rotatable bonds is 5. The number of aromatic nitrogens is 2. The van der Waals surface area contributed by atoms with Gasteiger partial charge in [0.05, 0.1) is 27.5 Å². The number of halogens is 1. The number of anilines is 1. The van der Waals surface area contributed by atoms with Gasteiger partial charge < -0.3 is 5.11 Å². The summed E-state index contributed by atoms with van der Waals surface area (Å²) in [6.07, 6.45) is 2.37. The third-order valence-electron chi connectivity index (χ3n) is 3.53. The first-order valence-electron chi connectivity index (χ1n) is 6.81. The van der Waals surface area contributed by atoms with E-state index in [1.54, 1.807) is 11.6 Å². The minimum Gasteiger partial charge on any atom is -0.506 e. The van der Waals surface area contributed by atoms with Gasteiger partial charge in [-0.2, -0.15) is 5.10 Å².